The molecule has 0 aliphatic heterocycles. The Labute approximate surface area is 368 Å². The van der Waals surface area contributed by atoms with Crippen molar-refractivity contribution >= 4 is 39.0 Å². The number of rotatable bonds is 7. The molecule has 3 aliphatic carbocycles. The van der Waals surface area contributed by atoms with E-state index in [9.17, 15) is 0 Å². The number of hydrogen-bond acceptors (Lipinski definition) is 2. The van der Waals surface area contributed by atoms with Crippen LogP contribution in [0.4, 0.5) is 17.1 Å². The molecule has 0 radical (unpaired) electrons. The molecule has 3 atom stereocenters. The minimum atomic E-state index is 0.0591. The second-order valence-electron chi connectivity index (χ2n) is 18.0. The van der Waals surface area contributed by atoms with Crippen LogP contribution in [0.2, 0.25) is 0 Å². The van der Waals surface area contributed by atoms with Crippen molar-refractivity contribution in [3.05, 3.63) is 223 Å². The van der Waals surface area contributed by atoms with Crippen molar-refractivity contribution < 1.29 is 4.42 Å². The average molecular weight is 808 g/mol. The Morgan fingerprint density at radius 2 is 1.02 bits per heavy atom. The molecule has 3 unspecified atom stereocenters. The Morgan fingerprint density at radius 3 is 1.83 bits per heavy atom. The molecule has 0 amide bonds. The molecule has 2 fully saturated rings. The molecule has 2 heteroatoms. The summed E-state index contributed by atoms with van der Waals surface area (Å²) < 4.78 is 6.41. The van der Waals surface area contributed by atoms with E-state index in [1.807, 2.05) is 0 Å². The lowest BCUT2D eigenvalue weighted by molar-refractivity contribution is 0.327. The standard InChI is InChI=1S/C61H45NO/c1-2-16-41(17-3-1)46-20-4-5-21-48(46)49-22-6-7-23-50(49)53-25-9-12-29-57(53)62(44-19-14-18-42(37-44)47-27-15-31-59-60(47)54-26-10-13-30-58(54)63-59)45-34-35-52-51-24-8-11-28-55(51)61(56(52)38-45)39-40-32-33-43(61)36-40/h1-31,34-35,37-38,40,43H,32-33,36,39H2. The third kappa shape index (κ3) is 5.57. The fourth-order valence-corrected chi connectivity index (χ4v) is 12.2. The van der Waals surface area contributed by atoms with Crippen molar-refractivity contribution in [3.8, 4) is 55.6 Å². The maximum absolute atomic E-state index is 6.41. The summed E-state index contributed by atoms with van der Waals surface area (Å²) in [5.74, 6) is 1.47. The zero-order valence-electron chi connectivity index (χ0n) is 35.0. The summed E-state index contributed by atoms with van der Waals surface area (Å²) in [6, 6.07) is 78.4. The molecule has 1 heterocycles. The molecule has 300 valence electrons. The van der Waals surface area contributed by atoms with Crippen molar-refractivity contribution in [1.82, 2.24) is 0 Å². The van der Waals surface area contributed by atoms with Crippen LogP contribution in [0, 0.1) is 11.8 Å². The van der Waals surface area contributed by atoms with E-state index >= 15 is 0 Å². The molecule has 63 heavy (non-hydrogen) atoms. The fraction of sp³-hybridized carbons (Fsp3) is 0.115. The quantitative estimate of drug-likeness (QED) is 0.159. The first kappa shape index (κ1) is 36.3. The zero-order chi connectivity index (χ0) is 41.5. The van der Waals surface area contributed by atoms with E-state index in [0.29, 0.717) is 5.92 Å². The lowest BCUT2D eigenvalue weighted by atomic mass is 9.67. The van der Waals surface area contributed by atoms with Crippen LogP contribution in [-0.4, -0.2) is 0 Å². The Morgan fingerprint density at radius 1 is 0.413 bits per heavy atom. The van der Waals surface area contributed by atoms with Gasteiger partial charge in [0.05, 0.1) is 5.69 Å². The maximum Gasteiger partial charge on any atom is 0.136 e. The van der Waals surface area contributed by atoms with Gasteiger partial charge in [0, 0.05) is 33.1 Å². The summed E-state index contributed by atoms with van der Waals surface area (Å²) >= 11 is 0. The van der Waals surface area contributed by atoms with Gasteiger partial charge in [-0.2, -0.15) is 0 Å². The van der Waals surface area contributed by atoms with E-state index in [1.54, 1.807) is 5.56 Å². The van der Waals surface area contributed by atoms with Crippen LogP contribution >= 0.6 is 0 Å². The van der Waals surface area contributed by atoms with Gasteiger partial charge in [-0.05, 0) is 135 Å². The monoisotopic (exact) mass is 807 g/mol. The zero-order valence-corrected chi connectivity index (χ0v) is 35.0. The third-order valence-electron chi connectivity index (χ3n) is 14.8. The Kier molecular flexibility index (Phi) is 8.24. The number of para-hydroxylation sites is 2. The molecule has 1 spiro atoms. The van der Waals surface area contributed by atoms with Gasteiger partial charge in [0.25, 0.3) is 0 Å². The van der Waals surface area contributed by atoms with Gasteiger partial charge in [-0.3, -0.25) is 0 Å². The lowest BCUT2D eigenvalue weighted by Gasteiger charge is -2.37. The lowest BCUT2D eigenvalue weighted by Crippen LogP contribution is -2.32. The van der Waals surface area contributed by atoms with Crippen LogP contribution in [0.3, 0.4) is 0 Å². The molecule has 0 saturated heterocycles. The molecule has 13 rings (SSSR count). The highest BCUT2D eigenvalue weighted by Gasteiger charge is 2.56. The van der Waals surface area contributed by atoms with E-state index in [4.69, 9.17) is 4.42 Å². The van der Waals surface area contributed by atoms with Crippen LogP contribution in [0.25, 0.3) is 77.6 Å². The minimum absolute atomic E-state index is 0.0591. The summed E-state index contributed by atoms with van der Waals surface area (Å²) in [5, 5.41) is 2.29. The number of benzene rings is 9. The SMILES string of the molecule is c1ccc(-c2ccccc2-c2ccccc2-c2ccccc2N(c2cccc(-c3cccc4oc5ccccc5c34)c2)c2ccc3c(c2)C2(CC4CCC2C4)c2ccccc2-3)cc1. The highest BCUT2D eigenvalue weighted by Crippen LogP contribution is 2.66. The molecule has 0 N–H and O–H groups in total. The van der Waals surface area contributed by atoms with Crippen molar-refractivity contribution in [2.75, 3.05) is 4.90 Å². The highest BCUT2D eigenvalue weighted by atomic mass is 16.3. The van der Waals surface area contributed by atoms with Gasteiger partial charge in [0.2, 0.25) is 0 Å². The number of hydrogen-bond donors (Lipinski definition) is 0. The van der Waals surface area contributed by atoms with Crippen molar-refractivity contribution in [3.63, 3.8) is 0 Å². The topological polar surface area (TPSA) is 16.4 Å². The predicted molar refractivity (Wildman–Crippen MR) is 262 cm³/mol. The second kappa shape index (κ2) is 14.3. The first-order chi connectivity index (χ1) is 31.2. The molecule has 2 bridgehead atoms. The van der Waals surface area contributed by atoms with Crippen LogP contribution in [0.5, 0.6) is 0 Å². The molecular weight excluding hydrogens is 763 g/mol. The van der Waals surface area contributed by atoms with Gasteiger partial charge in [0.15, 0.2) is 0 Å². The predicted octanol–water partition coefficient (Wildman–Crippen LogP) is 16.8. The minimum Gasteiger partial charge on any atom is -0.456 e. The fourth-order valence-electron chi connectivity index (χ4n) is 12.2. The van der Waals surface area contributed by atoms with Gasteiger partial charge >= 0.3 is 0 Å². The van der Waals surface area contributed by atoms with E-state index in [2.05, 4.69) is 217 Å². The Balaban J connectivity index is 1.04. The number of fused-ring (bicyclic) bond motifs is 11. The van der Waals surface area contributed by atoms with Gasteiger partial charge in [-0.15, -0.1) is 0 Å². The Bertz CT molecular complexity index is 3390. The first-order valence-electron chi connectivity index (χ1n) is 22.6. The number of anilines is 3. The van der Waals surface area contributed by atoms with E-state index < -0.39 is 0 Å². The van der Waals surface area contributed by atoms with E-state index in [0.717, 1.165) is 44.8 Å². The molecule has 9 aromatic carbocycles. The maximum atomic E-state index is 6.41. The second-order valence-corrected chi connectivity index (χ2v) is 18.0. The summed E-state index contributed by atoms with van der Waals surface area (Å²) in [5.41, 5.74) is 20.8. The van der Waals surface area contributed by atoms with Crippen LogP contribution < -0.4 is 4.90 Å². The van der Waals surface area contributed by atoms with Gasteiger partial charge < -0.3 is 9.32 Å². The molecule has 1 aromatic heterocycles. The van der Waals surface area contributed by atoms with Gasteiger partial charge in [-0.1, -0.05) is 176 Å². The van der Waals surface area contributed by atoms with E-state index in [-0.39, 0.29) is 5.41 Å². The highest BCUT2D eigenvalue weighted by molar-refractivity contribution is 6.12. The van der Waals surface area contributed by atoms with Crippen molar-refractivity contribution in [2.45, 2.75) is 31.1 Å². The number of nitrogens with zero attached hydrogens (tertiary/aromatic N) is 1. The first-order valence-corrected chi connectivity index (χ1v) is 22.6. The largest absolute Gasteiger partial charge is 0.456 e. The molecular formula is C61H45NO. The molecule has 3 aliphatic rings. The van der Waals surface area contributed by atoms with Crippen LogP contribution in [0.1, 0.15) is 36.8 Å². The van der Waals surface area contributed by atoms with Gasteiger partial charge in [0.1, 0.15) is 11.2 Å². The smallest absolute Gasteiger partial charge is 0.136 e. The third-order valence-corrected chi connectivity index (χ3v) is 14.8. The average Bonchev–Trinajstić information content (AvgIpc) is 4.14. The van der Waals surface area contributed by atoms with Crippen LogP contribution in [-0.2, 0) is 5.41 Å². The summed E-state index contributed by atoms with van der Waals surface area (Å²) in [6.07, 6.45) is 5.25. The Hall–Kier alpha value is -7.42. The number of furan rings is 1. The van der Waals surface area contributed by atoms with Crippen LogP contribution in [0.15, 0.2) is 217 Å². The molecule has 2 nitrogen and oxygen atoms in total. The summed E-state index contributed by atoms with van der Waals surface area (Å²) in [4.78, 5) is 2.54. The van der Waals surface area contributed by atoms with Crippen molar-refractivity contribution in [1.29, 1.82) is 0 Å². The molecule has 10 aromatic rings. The molecule has 2 saturated carbocycles. The summed E-state index contributed by atoms with van der Waals surface area (Å²) in [6.45, 7) is 0. The van der Waals surface area contributed by atoms with Crippen molar-refractivity contribution in [2.24, 2.45) is 11.8 Å². The van der Waals surface area contributed by atoms with E-state index in [1.165, 1.54) is 87.0 Å². The summed E-state index contributed by atoms with van der Waals surface area (Å²) in [7, 11) is 0. The van der Waals surface area contributed by atoms with Gasteiger partial charge in [-0.25, -0.2) is 0 Å². The normalized spacial score (nSPS) is 18.3.